The number of carboxylic acid groups (broad SMARTS) is 1. The van der Waals surface area contributed by atoms with E-state index in [4.69, 9.17) is 4.74 Å². The SMILES string of the molecule is O=C(O)C(c1cccc(Br)c1)C1(O)CCOCC1. The molecule has 0 aliphatic carbocycles. The first kappa shape index (κ1) is 13.5. The standard InChI is InChI=1S/C13H15BrO4/c14-10-3-1-2-9(8-10)11(12(15)16)13(17)4-6-18-7-5-13/h1-3,8,11,17H,4-7H2,(H,15,16). The number of ether oxygens (including phenoxy) is 1. The summed E-state index contributed by atoms with van der Waals surface area (Å²) in [6.45, 7) is 0.794. The lowest BCUT2D eigenvalue weighted by Gasteiger charge is -2.37. The minimum atomic E-state index is -1.23. The van der Waals surface area contributed by atoms with Crippen LogP contribution >= 0.6 is 15.9 Å². The quantitative estimate of drug-likeness (QED) is 0.897. The third kappa shape index (κ3) is 2.74. The van der Waals surface area contributed by atoms with Gasteiger partial charge >= 0.3 is 5.97 Å². The van der Waals surface area contributed by atoms with E-state index < -0.39 is 17.5 Å². The number of hydrogen-bond acceptors (Lipinski definition) is 3. The van der Waals surface area contributed by atoms with Crippen LogP contribution in [0.5, 0.6) is 0 Å². The van der Waals surface area contributed by atoms with Gasteiger partial charge in [0, 0.05) is 30.5 Å². The van der Waals surface area contributed by atoms with E-state index in [2.05, 4.69) is 15.9 Å². The molecular weight excluding hydrogens is 300 g/mol. The van der Waals surface area contributed by atoms with E-state index in [0.29, 0.717) is 31.6 Å². The molecule has 1 saturated heterocycles. The van der Waals surface area contributed by atoms with Crippen LogP contribution in [0.15, 0.2) is 28.7 Å². The number of carboxylic acids is 1. The lowest BCUT2D eigenvalue weighted by Crippen LogP contribution is -2.45. The van der Waals surface area contributed by atoms with Gasteiger partial charge in [-0.15, -0.1) is 0 Å². The highest BCUT2D eigenvalue weighted by molar-refractivity contribution is 9.10. The zero-order valence-corrected chi connectivity index (χ0v) is 11.4. The van der Waals surface area contributed by atoms with Crippen LogP contribution in [0, 0.1) is 0 Å². The summed E-state index contributed by atoms with van der Waals surface area (Å²) in [5, 5.41) is 20.0. The van der Waals surface area contributed by atoms with Crippen LogP contribution in [-0.4, -0.2) is 35.0 Å². The molecule has 1 heterocycles. The number of rotatable bonds is 3. The Hall–Kier alpha value is -0.910. The van der Waals surface area contributed by atoms with E-state index in [1.807, 2.05) is 6.07 Å². The minimum absolute atomic E-state index is 0.344. The smallest absolute Gasteiger partial charge is 0.313 e. The number of aliphatic hydroxyl groups is 1. The Morgan fingerprint density at radius 3 is 2.61 bits per heavy atom. The fraction of sp³-hybridized carbons (Fsp3) is 0.462. The average Bonchev–Trinajstić information content (AvgIpc) is 2.29. The second kappa shape index (κ2) is 5.38. The fourth-order valence-electron chi connectivity index (χ4n) is 2.38. The van der Waals surface area contributed by atoms with Crippen LogP contribution in [-0.2, 0) is 9.53 Å². The normalized spacial score (nSPS) is 20.3. The fourth-order valence-corrected chi connectivity index (χ4v) is 2.80. The molecule has 1 atom stereocenters. The van der Waals surface area contributed by atoms with Crippen molar-refractivity contribution in [1.29, 1.82) is 0 Å². The van der Waals surface area contributed by atoms with Crippen molar-refractivity contribution in [2.75, 3.05) is 13.2 Å². The summed E-state index contributed by atoms with van der Waals surface area (Å²) in [6, 6.07) is 7.08. The van der Waals surface area contributed by atoms with Gasteiger partial charge in [-0.2, -0.15) is 0 Å². The van der Waals surface area contributed by atoms with Gasteiger partial charge in [-0.05, 0) is 17.7 Å². The lowest BCUT2D eigenvalue weighted by molar-refractivity contribution is -0.151. The second-order valence-electron chi connectivity index (χ2n) is 4.54. The van der Waals surface area contributed by atoms with Gasteiger partial charge < -0.3 is 14.9 Å². The Balaban J connectivity index is 2.36. The van der Waals surface area contributed by atoms with Crippen molar-refractivity contribution in [3.8, 4) is 0 Å². The summed E-state index contributed by atoms with van der Waals surface area (Å²) in [5.74, 6) is -1.92. The molecule has 1 unspecified atom stereocenters. The molecule has 1 aliphatic heterocycles. The van der Waals surface area contributed by atoms with Gasteiger partial charge in [0.1, 0.15) is 5.92 Å². The van der Waals surface area contributed by atoms with Crippen molar-refractivity contribution in [3.05, 3.63) is 34.3 Å². The Labute approximate surface area is 114 Å². The monoisotopic (exact) mass is 314 g/mol. The Bertz CT molecular complexity index is 440. The molecule has 98 valence electrons. The first-order valence-corrected chi connectivity index (χ1v) is 6.61. The number of hydrogen-bond donors (Lipinski definition) is 2. The molecule has 2 N–H and O–H groups in total. The summed E-state index contributed by atoms with van der Waals surface area (Å²) in [7, 11) is 0. The van der Waals surface area contributed by atoms with Gasteiger partial charge in [-0.3, -0.25) is 4.79 Å². The maximum absolute atomic E-state index is 11.5. The van der Waals surface area contributed by atoms with Gasteiger partial charge in [0.05, 0.1) is 5.60 Å². The van der Waals surface area contributed by atoms with Crippen LogP contribution in [0.3, 0.4) is 0 Å². The zero-order valence-electron chi connectivity index (χ0n) is 9.80. The molecule has 1 aliphatic rings. The van der Waals surface area contributed by atoms with Crippen LogP contribution in [0.25, 0.3) is 0 Å². The van der Waals surface area contributed by atoms with Crippen molar-refractivity contribution < 1.29 is 19.7 Å². The molecule has 1 aromatic carbocycles. The average molecular weight is 315 g/mol. The minimum Gasteiger partial charge on any atom is -0.481 e. The summed E-state index contributed by atoms with van der Waals surface area (Å²) in [6.07, 6.45) is 0.687. The number of benzene rings is 1. The van der Waals surface area contributed by atoms with E-state index in [9.17, 15) is 15.0 Å². The molecule has 0 bridgehead atoms. The Kier molecular flexibility index (Phi) is 4.04. The van der Waals surface area contributed by atoms with Crippen molar-refractivity contribution in [2.45, 2.75) is 24.4 Å². The molecular formula is C13H15BrO4. The van der Waals surface area contributed by atoms with E-state index in [1.165, 1.54) is 0 Å². The molecule has 18 heavy (non-hydrogen) atoms. The van der Waals surface area contributed by atoms with Crippen molar-refractivity contribution in [1.82, 2.24) is 0 Å². The molecule has 0 amide bonds. The molecule has 0 radical (unpaired) electrons. The van der Waals surface area contributed by atoms with Gasteiger partial charge in [-0.1, -0.05) is 28.1 Å². The highest BCUT2D eigenvalue weighted by atomic mass is 79.9. The van der Waals surface area contributed by atoms with Gasteiger partial charge in [0.15, 0.2) is 0 Å². The predicted molar refractivity (Wildman–Crippen MR) is 69.5 cm³/mol. The number of carbonyl (C=O) groups is 1. The van der Waals surface area contributed by atoms with Crippen LogP contribution in [0.2, 0.25) is 0 Å². The van der Waals surface area contributed by atoms with E-state index in [1.54, 1.807) is 18.2 Å². The summed E-state index contributed by atoms with van der Waals surface area (Å²) in [5.41, 5.74) is -0.619. The second-order valence-corrected chi connectivity index (χ2v) is 5.46. The molecule has 4 nitrogen and oxygen atoms in total. The van der Waals surface area contributed by atoms with E-state index in [0.717, 1.165) is 4.47 Å². The van der Waals surface area contributed by atoms with Gasteiger partial charge in [0.2, 0.25) is 0 Å². The molecule has 0 spiro atoms. The molecule has 5 heteroatoms. The van der Waals surface area contributed by atoms with Crippen LogP contribution in [0.1, 0.15) is 24.3 Å². The number of halogens is 1. The molecule has 1 aromatic rings. The highest BCUT2D eigenvalue weighted by Gasteiger charge is 2.43. The predicted octanol–water partition coefficient (Wildman–Crippen LogP) is 2.16. The molecule has 1 fully saturated rings. The van der Waals surface area contributed by atoms with Crippen LogP contribution in [0.4, 0.5) is 0 Å². The van der Waals surface area contributed by atoms with Gasteiger partial charge in [-0.25, -0.2) is 0 Å². The summed E-state index contributed by atoms with van der Waals surface area (Å²) >= 11 is 3.32. The third-order valence-electron chi connectivity index (χ3n) is 3.32. The summed E-state index contributed by atoms with van der Waals surface area (Å²) < 4.78 is 6.00. The van der Waals surface area contributed by atoms with Crippen molar-refractivity contribution in [3.63, 3.8) is 0 Å². The summed E-state index contributed by atoms with van der Waals surface area (Å²) in [4.78, 5) is 11.5. The van der Waals surface area contributed by atoms with Gasteiger partial charge in [0.25, 0.3) is 0 Å². The molecule has 0 aromatic heterocycles. The third-order valence-corrected chi connectivity index (χ3v) is 3.82. The Morgan fingerprint density at radius 1 is 1.39 bits per heavy atom. The van der Waals surface area contributed by atoms with Crippen molar-refractivity contribution in [2.24, 2.45) is 0 Å². The molecule has 2 rings (SSSR count). The first-order chi connectivity index (χ1) is 8.53. The topological polar surface area (TPSA) is 66.8 Å². The zero-order chi connectivity index (χ0) is 13.2. The van der Waals surface area contributed by atoms with Crippen LogP contribution < -0.4 is 0 Å². The van der Waals surface area contributed by atoms with Crippen molar-refractivity contribution >= 4 is 21.9 Å². The Morgan fingerprint density at radius 2 is 2.06 bits per heavy atom. The highest BCUT2D eigenvalue weighted by Crippen LogP contribution is 2.37. The first-order valence-electron chi connectivity index (χ1n) is 5.81. The maximum Gasteiger partial charge on any atom is 0.313 e. The lowest BCUT2D eigenvalue weighted by atomic mass is 9.77. The molecule has 0 saturated carbocycles. The van der Waals surface area contributed by atoms with E-state index in [-0.39, 0.29) is 0 Å². The maximum atomic E-state index is 11.5. The number of aliphatic carboxylic acids is 1. The van der Waals surface area contributed by atoms with E-state index >= 15 is 0 Å². The largest absolute Gasteiger partial charge is 0.481 e.